The van der Waals surface area contributed by atoms with Crippen molar-refractivity contribution in [2.45, 2.75) is 13.3 Å². The van der Waals surface area contributed by atoms with Gasteiger partial charge < -0.3 is 10.2 Å². The molecule has 0 bridgehead atoms. The highest BCUT2D eigenvalue weighted by molar-refractivity contribution is 6.03. The molecule has 1 aliphatic rings. The first-order valence-corrected chi connectivity index (χ1v) is 7.47. The number of hydrogen-bond donors (Lipinski definition) is 1. The number of nitrogens with one attached hydrogen (secondary N) is 1. The Morgan fingerprint density at radius 3 is 2.65 bits per heavy atom. The molecular formula is C18H17FN2O2. The van der Waals surface area contributed by atoms with Crippen LogP contribution >= 0.6 is 0 Å². The minimum absolute atomic E-state index is 0.0628. The van der Waals surface area contributed by atoms with E-state index in [0.29, 0.717) is 17.8 Å². The van der Waals surface area contributed by atoms with Crippen molar-refractivity contribution in [3.8, 4) is 0 Å². The maximum absolute atomic E-state index is 13.1. The molecule has 0 saturated carbocycles. The summed E-state index contributed by atoms with van der Waals surface area (Å²) in [6.07, 6.45) is 0.182. The van der Waals surface area contributed by atoms with E-state index < -0.39 is 5.92 Å². The van der Waals surface area contributed by atoms with Crippen LogP contribution in [-0.2, 0) is 9.59 Å². The van der Waals surface area contributed by atoms with Crippen LogP contribution in [0.5, 0.6) is 0 Å². The van der Waals surface area contributed by atoms with Crippen LogP contribution in [0.25, 0.3) is 0 Å². The van der Waals surface area contributed by atoms with Crippen molar-refractivity contribution in [2.75, 3.05) is 16.8 Å². The van der Waals surface area contributed by atoms with Crippen LogP contribution in [0.3, 0.4) is 0 Å². The molecule has 0 spiro atoms. The molecule has 1 atom stereocenters. The SMILES string of the molecule is Cc1cc(F)ccc1NC(=O)[C@H]1CC(=O)N(c2ccccc2)C1. The summed E-state index contributed by atoms with van der Waals surface area (Å²) in [6.45, 7) is 2.09. The van der Waals surface area contributed by atoms with Crippen LogP contribution in [-0.4, -0.2) is 18.4 Å². The van der Waals surface area contributed by atoms with Gasteiger partial charge in [0.25, 0.3) is 0 Å². The van der Waals surface area contributed by atoms with E-state index in [1.54, 1.807) is 11.8 Å². The average molecular weight is 312 g/mol. The number of nitrogens with zero attached hydrogens (tertiary/aromatic N) is 1. The van der Waals surface area contributed by atoms with E-state index in [4.69, 9.17) is 0 Å². The molecule has 1 N–H and O–H groups in total. The van der Waals surface area contributed by atoms with Gasteiger partial charge in [-0.15, -0.1) is 0 Å². The Labute approximate surface area is 133 Å². The smallest absolute Gasteiger partial charge is 0.229 e. The van der Waals surface area contributed by atoms with Crippen LogP contribution in [0.15, 0.2) is 48.5 Å². The molecule has 1 heterocycles. The fourth-order valence-corrected chi connectivity index (χ4v) is 2.74. The summed E-state index contributed by atoms with van der Waals surface area (Å²) in [5.74, 6) is -1.03. The number of amides is 2. The molecule has 4 nitrogen and oxygen atoms in total. The molecule has 0 radical (unpaired) electrons. The van der Waals surface area contributed by atoms with Gasteiger partial charge in [-0.3, -0.25) is 9.59 Å². The summed E-state index contributed by atoms with van der Waals surface area (Å²) in [5, 5.41) is 2.79. The van der Waals surface area contributed by atoms with Gasteiger partial charge in [0.15, 0.2) is 0 Å². The lowest BCUT2D eigenvalue weighted by Crippen LogP contribution is -2.28. The number of hydrogen-bond acceptors (Lipinski definition) is 2. The Hall–Kier alpha value is -2.69. The van der Waals surface area contributed by atoms with Gasteiger partial charge in [-0.2, -0.15) is 0 Å². The van der Waals surface area contributed by atoms with Crippen molar-refractivity contribution in [1.82, 2.24) is 0 Å². The lowest BCUT2D eigenvalue weighted by molar-refractivity contribution is -0.122. The summed E-state index contributed by atoms with van der Waals surface area (Å²) in [5.41, 5.74) is 2.02. The molecule has 2 amide bonds. The number of carbonyl (C=O) groups is 2. The molecule has 0 aromatic heterocycles. The molecule has 3 rings (SSSR count). The summed E-state index contributed by atoms with van der Waals surface area (Å²) in [6, 6.07) is 13.5. The molecule has 2 aromatic rings. The number of aryl methyl sites for hydroxylation is 1. The third-order valence-electron chi connectivity index (χ3n) is 4.01. The van der Waals surface area contributed by atoms with Crippen molar-refractivity contribution in [3.05, 3.63) is 59.9 Å². The first-order valence-electron chi connectivity index (χ1n) is 7.47. The number of rotatable bonds is 3. The zero-order valence-corrected chi connectivity index (χ0v) is 12.8. The predicted octanol–water partition coefficient (Wildman–Crippen LogP) is 3.13. The normalized spacial score (nSPS) is 17.4. The first-order chi connectivity index (χ1) is 11.0. The average Bonchev–Trinajstić information content (AvgIpc) is 2.93. The molecule has 118 valence electrons. The zero-order valence-electron chi connectivity index (χ0n) is 12.8. The number of halogens is 1. The maximum Gasteiger partial charge on any atom is 0.229 e. The van der Waals surface area contributed by atoms with Gasteiger partial charge in [-0.25, -0.2) is 4.39 Å². The van der Waals surface area contributed by atoms with E-state index in [0.717, 1.165) is 5.69 Å². The van der Waals surface area contributed by atoms with E-state index >= 15 is 0 Å². The number of para-hydroxylation sites is 1. The van der Waals surface area contributed by atoms with Crippen LogP contribution in [0.1, 0.15) is 12.0 Å². The fourth-order valence-electron chi connectivity index (χ4n) is 2.74. The minimum atomic E-state index is -0.410. The zero-order chi connectivity index (χ0) is 16.4. The van der Waals surface area contributed by atoms with E-state index in [1.165, 1.54) is 18.2 Å². The molecule has 1 aliphatic heterocycles. The highest BCUT2D eigenvalue weighted by atomic mass is 19.1. The van der Waals surface area contributed by atoms with Gasteiger partial charge in [0, 0.05) is 24.3 Å². The second kappa shape index (κ2) is 6.20. The van der Waals surface area contributed by atoms with E-state index in [-0.39, 0.29) is 24.1 Å². The Bertz CT molecular complexity index is 746. The first kappa shape index (κ1) is 15.2. The van der Waals surface area contributed by atoms with Gasteiger partial charge in [-0.1, -0.05) is 18.2 Å². The Balaban J connectivity index is 1.71. The van der Waals surface area contributed by atoms with Gasteiger partial charge in [0.2, 0.25) is 11.8 Å². The van der Waals surface area contributed by atoms with Gasteiger partial charge in [-0.05, 0) is 42.8 Å². The van der Waals surface area contributed by atoms with Crippen molar-refractivity contribution >= 4 is 23.2 Å². The summed E-state index contributed by atoms with van der Waals surface area (Å²) >= 11 is 0. The molecule has 5 heteroatoms. The lowest BCUT2D eigenvalue weighted by atomic mass is 10.1. The molecule has 0 unspecified atom stereocenters. The highest BCUT2D eigenvalue weighted by Crippen LogP contribution is 2.26. The van der Waals surface area contributed by atoms with Crippen molar-refractivity contribution in [2.24, 2.45) is 5.92 Å². The lowest BCUT2D eigenvalue weighted by Gasteiger charge is -2.16. The monoisotopic (exact) mass is 312 g/mol. The van der Waals surface area contributed by atoms with Crippen LogP contribution < -0.4 is 10.2 Å². The molecule has 0 aliphatic carbocycles. The quantitative estimate of drug-likeness (QED) is 0.946. The van der Waals surface area contributed by atoms with Crippen molar-refractivity contribution in [1.29, 1.82) is 0 Å². The van der Waals surface area contributed by atoms with Gasteiger partial charge >= 0.3 is 0 Å². The number of benzene rings is 2. The highest BCUT2D eigenvalue weighted by Gasteiger charge is 2.35. The summed E-state index contributed by atoms with van der Waals surface area (Å²) in [7, 11) is 0. The van der Waals surface area contributed by atoms with Crippen LogP contribution in [0.4, 0.5) is 15.8 Å². The van der Waals surface area contributed by atoms with E-state index in [9.17, 15) is 14.0 Å². The Kier molecular flexibility index (Phi) is 4.10. The molecule has 1 fully saturated rings. The Morgan fingerprint density at radius 1 is 1.22 bits per heavy atom. The maximum atomic E-state index is 13.1. The van der Waals surface area contributed by atoms with Gasteiger partial charge in [0.05, 0.1) is 5.92 Å². The topological polar surface area (TPSA) is 49.4 Å². The van der Waals surface area contributed by atoms with Crippen molar-refractivity contribution in [3.63, 3.8) is 0 Å². The van der Waals surface area contributed by atoms with Crippen molar-refractivity contribution < 1.29 is 14.0 Å². The Morgan fingerprint density at radius 2 is 1.96 bits per heavy atom. The van der Waals surface area contributed by atoms with Crippen LogP contribution in [0.2, 0.25) is 0 Å². The largest absolute Gasteiger partial charge is 0.326 e. The number of carbonyl (C=O) groups excluding carboxylic acids is 2. The fraction of sp³-hybridized carbons (Fsp3) is 0.222. The molecule has 23 heavy (non-hydrogen) atoms. The number of anilines is 2. The molecular weight excluding hydrogens is 295 g/mol. The summed E-state index contributed by atoms with van der Waals surface area (Å²) in [4.78, 5) is 26.2. The van der Waals surface area contributed by atoms with E-state index in [1.807, 2.05) is 30.3 Å². The second-order valence-corrected chi connectivity index (χ2v) is 5.69. The van der Waals surface area contributed by atoms with Crippen LogP contribution in [0, 0.1) is 18.7 Å². The minimum Gasteiger partial charge on any atom is -0.326 e. The third kappa shape index (κ3) is 3.23. The summed E-state index contributed by atoms with van der Waals surface area (Å²) < 4.78 is 13.1. The van der Waals surface area contributed by atoms with Gasteiger partial charge in [0.1, 0.15) is 5.82 Å². The van der Waals surface area contributed by atoms with E-state index in [2.05, 4.69) is 5.32 Å². The third-order valence-corrected chi connectivity index (χ3v) is 4.01. The standard InChI is InChI=1S/C18H17FN2O2/c1-12-9-14(19)7-8-16(12)20-18(23)13-10-17(22)21(11-13)15-5-3-2-4-6-15/h2-9,13H,10-11H2,1H3,(H,20,23)/t13-/m0/s1. The predicted molar refractivity (Wildman–Crippen MR) is 86.7 cm³/mol. The molecule has 2 aromatic carbocycles. The second-order valence-electron chi connectivity index (χ2n) is 5.69. The molecule has 1 saturated heterocycles.